The number of urea groups is 1. The number of hydrogen-bond acceptors (Lipinski definition) is 3. The maximum absolute atomic E-state index is 11.7. The lowest BCUT2D eigenvalue weighted by Gasteiger charge is -2.26. The van der Waals surface area contributed by atoms with E-state index in [1.54, 1.807) is 7.05 Å². The summed E-state index contributed by atoms with van der Waals surface area (Å²) < 4.78 is 0. The van der Waals surface area contributed by atoms with Crippen molar-refractivity contribution < 1.29 is 19.8 Å². The van der Waals surface area contributed by atoms with Gasteiger partial charge in [0, 0.05) is 33.1 Å². The number of likely N-dealkylation sites (N-methyl/N-ethyl adjacent to an activating group) is 1. The van der Waals surface area contributed by atoms with Gasteiger partial charge in [-0.3, -0.25) is 4.79 Å². The van der Waals surface area contributed by atoms with Gasteiger partial charge in [-0.15, -0.1) is 0 Å². The first-order valence-electron chi connectivity index (χ1n) is 5.35. The van der Waals surface area contributed by atoms with Crippen molar-refractivity contribution in [3.05, 3.63) is 0 Å². The fraction of sp³-hybridized carbons (Fsp3) is 0.800. The Labute approximate surface area is 95.5 Å². The number of amides is 2. The van der Waals surface area contributed by atoms with Crippen LogP contribution in [0.15, 0.2) is 0 Å². The molecule has 2 N–H and O–H groups in total. The fourth-order valence-electron chi connectivity index (χ4n) is 1.31. The Morgan fingerprint density at radius 2 is 1.88 bits per heavy atom. The number of carbonyl (C=O) groups excluding carboxylic acids is 1. The highest BCUT2D eigenvalue weighted by Gasteiger charge is 2.15. The van der Waals surface area contributed by atoms with Gasteiger partial charge in [-0.2, -0.15) is 0 Å². The molecular weight excluding hydrogens is 212 g/mol. The first kappa shape index (κ1) is 14.7. The zero-order chi connectivity index (χ0) is 12.6. The maximum atomic E-state index is 11.7. The summed E-state index contributed by atoms with van der Waals surface area (Å²) in [7, 11) is 1.63. The van der Waals surface area contributed by atoms with Crippen molar-refractivity contribution >= 4 is 12.0 Å². The number of carboxylic acid groups (broad SMARTS) is 1. The molecule has 0 aliphatic carbocycles. The third-order valence-corrected chi connectivity index (χ3v) is 2.23. The number of aliphatic hydroxyl groups excluding tert-OH is 1. The number of aliphatic hydroxyl groups is 1. The molecule has 0 fully saturated rings. The summed E-state index contributed by atoms with van der Waals surface area (Å²) in [4.78, 5) is 25.0. The van der Waals surface area contributed by atoms with Gasteiger partial charge in [-0.25, -0.2) is 4.79 Å². The van der Waals surface area contributed by atoms with E-state index in [-0.39, 0.29) is 19.1 Å². The molecule has 0 aromatic heterocycles. The molecule has 2 amide bonds. The molecule has 6 nitrogen and oxygen atoms in total. The second-order valence-corrected chi connectivity index (χ2v) is 3.50. The lowest BCUT2D eigenvalue weighted by molar-refractivity contribution is -0.137. The normalized spacial score (nSPS) is 9.94. The molecule has 0 radical (unpaired) electrons. The number of hydrogen-bond donors (Lipinski definition) is 2. The van der Waals surface area contributed by atoms with Gasteiger partial charge in [0.05, 0.1) is 6.61 Å². The minimum atomic E-state index is -0.858. The number of carboxylic acids is 1. The van der Waals surface area contributed by atoms with Crippen LogP contribution in [0, 0.1) is 0 Å². The van der Waals surface area contributed by atoms with Crippen molar-refractivity contribution in [2.24, 2.45) is 0 Å². The van der Waals surface area contributed by atoms with Gasteiger partial charge in [-0.05, 0) is 13.3 Å². The van der Waals surface area contributed by atoms with E-state index in [4.69, 9.17) is 10.2 Å². The summed E-state index contributed by atoms with van der Waals surface area (Å²) in [5, 5.41) is 17.2. The summed E-state index contributed by atoms with van der Waals surface area (Å²) >= 11 is 0. The number of rotatable bonds is 7. The first-order valence-corrected chi connectivity index (χ1v) is 5.35. The Kier molecular flexibility index (Phi) is 7.28. The molecule has 94 valence electrons. The van der Waals surface area contributed by atoms with Crippen molar-refractivity contribution in [3.63, 3.8) is 0 Å². The molecule has 0 unspecified atom stereocenters. The van der Waals surface area contributed by atoms with Crippen LogP contribution in [-0.2, 0) is 4.79 Å². The predicted molar refractivity (Wildman–Crippen MR) is 59.2 cm³/mol. The Balaban J connectivity index is 4.00. The summed E-state index contributed by atoms with van der Waals surface area (Å²) in [6.07, 6.45) is 0.498. The van der Waals surface area contributed by atoms with Gasteiger partial charge in [0.2, 0.25) is 0 Å². The second-order valence-electron chi connectivity index (χ2n) is 3.50. The molecule has 0 heterocycles. The standard InChI is InChI=1S/C10H20N2O4/c1-3-12(7-8-13)10(16)11(2)6-4-5-9(14)15/h13H,3-8H2,1-2H3,(H,14,15). The lowest BCUT2D eigenvalue weighted by atomic mass is 10.3. The smallest absolute Gasteiger partial charge is 0.319 e. The lowest BCUT2D eigenvalue weighted by Crippen LogP contribution is -2.42. The van der Waals surface area contributed by atoms with Crippen LogP contribution in [0.3, 0.4) is 0 Å². The molecule has 0 bridgehead atoms. The van der Waals surface area contributed by atoms with Crippen LogP contribution >= 0.6 is 0 Å². The zero-order valence-electron chi connectivity index (χ0n) is 9.85. The average molecular weight is 232 g/mol. The number of carbonyl (C=O) groups is 2. The SMILES string of the molecule is CCN(CCO)C(=O)N(C)CCCC(=O)O. The molecule has 0 rings (SSSR count). The van der Waals surface area contributed by atoms with Gasteiger partial charge < -0.3 is 20.0 Å². The van der Waals surface area contributed by atoms with Crippen molar-refractivity contribution in [1.82, 2.24) is 9.80 Å². The van der Waals surface area contributed by atoms with Crippen LogP contribution in [0.5, 0.6) is 0 Å². The van der Waals surface area contributed by atoms with E-state index >= 15 is 0 Å². The highest BCUT2D eigenvalue weighted by molar-refractivity contribution is 5.74. The highest BCUT2D eigenvalue weighted by atomic mass is 16.4. The number of nitrogens with zero attached hydrogens (tertiary/aromatic N) is 2. The quantitative estimate of drug-likeness (QED) is 0.658. The summed E-state index contributed by atoms with van der Waals surface area (Å²) in [5.41, 5.74) is 0. The van der Waals surface area contributed by atoms with Gasteiger partial charge in [0.25, 0.3) is 0 Å². The van der Waals surface area contributed by atoms with Crippen LogP contribution in [-0.4, -0.2) is 65.3 Å². The molecule has 0 saturated carbocycles. The Hall–Kier alpha value is -1.30. The third kappa shape index (κ3) is 5.55. The Bertz CT molecular complexity index is 233. The van der Waals surface area contributed by atoms with Crippen LogP contribution in [0.2, 0.25) is 0 Å². The first-order chi connectivity index (χ1) is 7.52. The topological polar surface area (TPSA) is 81.1 Å². The predicted octanol–water partition coefficient (Wildman–Crippen LogP) is 0.217. The molecule has 0 spiro atoms. The van der Waals surface area contributed by atoms with Crippen molar-refractivity contribution in [1.29, 1.82) is 0 Å². The molecular formula is C10H20N2O4. The van der Waals surface area contributed by atoms with Gasteiger partial charge >= 0.3 is 12.0 Å². The van der Waals surface area contributed by atoms with E-state index in [9.17, 15) is 9.59 Å². The monoisotopic (exact) mass is 232 g/mol. The molecule has 0 aromatic carbocycles. The van der Waals surface area contributed by atoms with Gasteiger partial charge in [0.15, 0.2) is 0 Å². The van der Waals surface area contributed by atoms with E-state index < -0.39 is 5.97 Å². The maximum Gasteiger partial charge on any atom is 0.319 e. The van der Waals surface area contributed by atoms with Crippen LogP contribution in [0.25, 0.3) is 0 Å². The molecule has 6 heteroatoms. The van der Waals surface area contributed by atoms with Crippen molar-refractivity contribution in [2.45, 2.75) is 19.8 Å². The third-order valence-electron chi connectivity index (χ3n) is 2.23. The van der Waals surface area contributed by atoms with E-state index in [2.05, 4.69) is 0 Å². The average Bonchev–Trinajstić information content (AvgIpc) is 2.24. The van der Waals surface area contributed by atoms with Crippen molar-refractivity contribution in [2.75, 3.05) is 33.3 Å². The Morgan fingerprint density at radius 1 is 1.25 bits per heavy atom. The summed E-state index contributed by atoms with van der Waals surface area (Å²) in [6, 6.07) is -0.179. The minimum absolute atomic E-state index is 0.0593. The van der Waals surface area contributed by atoms with Crippen LogP contribution in [0.4, 0.5) is 4.79 Å². The van der Waals surface area contributed by atoms with Gasteiger partial charge in [0.1, 0.15) is 0 Å². The fourth-order valence-corrected chi connectivity index (χ4v) is 1.31. The van der Waals surface area contributed by atoms with E-state index in [1.807, 2.05) is 6.92 Å². The van der Waals surface area contributed by atoms with Crippen LogP contribution < -0.4 is 0 Å². The van der Waals surface area contributed by atoms with Crippen molar-refractivity contribution in [3.8, 4) is 0 Å². The zero-order valence-corrected chi connectivity index (χ0v) is 9.85. The summed E-state index contributed by atoms with van der Waals surface area (Å²) in [5.74, 6) is -0.858. The van der Waals surface area contributed by atoms with Crippen LogP contribution in [0.1, 0.15) is 19.8 Å². The molecule has 0 atom stereocenters. The molecule has 16 heavy (non-hydrogen) atoms. The molecule has 0 saturated heterocycles. The highest BCUT2D eigenvalue weighted by Crippen LogP contribution is 1.99. The molecule has 0 aliphatic rings. The molecule has 0 aromatic rings. The van der Waals surface area contributed by atoms with E-state index in [1.165, 1.54) is 9.80 Å². The largest absolute Gasteiger partial charge is 0.481 e. The minimum Gasteiger partial charge on any atom is -0.481 e. The Morgan fingerprint density at radius 3 is 2.31 bits per heavy atom. The van der Waals surface area contributed by atoms with E-state index in [0.717, 1.165) is 0 Å². The summed E-state index contributed by atoms with van der Waals surface area (Å²) in [6.45, 7) is 3.01. The van der Waals surface area contributed by atoms with Gasteiger partial charge in [-0.1, -0.05) is 0 Å². The molecule has 0 aliphatic heterocycles. The van der Waals surface area contributed by atoms with E-state index in [0.29, 0.717) is 26.1 Å². The number of aliphatic carboxylic acids is 1. The second kappa shape index (κ2) is 7.92.